The van der Waals surface area contributed by atoms with Gasteiger partial charge in [0.15, 0.2) is 0 Å². The van der Waals surface area contributed by atoms with Gasteiger partial charge >= 0.3 is 11.9 Å². The molecule has 2 unspecified atom stereocenters. The minimum Gasteiger partial charge on any atom is -0.497 e. The lowest BCUT2D eigenvalue weighted by molar-refractivity contribution is -0.152. The predicted molar refractivity (Wildman–Crippen MR) is 193 cm³/mol. The number of esters is 2. The lowest BCUT2D eigenvalue weighted by Crippen LogP contribution is -2.36. The van der Waals surface area contributed by atoms with E-state index in [9.17, 15) is 14.7 Å². The highest BCUT2D eigenvalue weighted by molar-refractivity contribution is 6.12. The Morgan fingerprint density at radius 2 is 1.10 bits per heavy atom. The van der Waals surface area contributed by atoms with E-state index in [1.165, 1.54) is 30.5 Å². The lowest BCUT2D eigenvalue weighted by Gasteiger charge is -2.32. The highest BCUT2D eigenvalue weighted by Gasteiger charge is 2.52. The van der Waals surface area contributed by atoms with Gasteiger partial charge in [0, 0.05) is 25.2 Å². The van der Waals surface area contributed by atoms with Gasteiger partial charge in [0.05, 0.1) is 45.5 Å². The summed E-state index contributed by atoms with van der Waals surface area (Å²) in [5.41, 5.74) is 3.44. The summed E-state index contributed by atoms with van der Waals surface area (Å²) in [5.74, 6) is 1.26. The van der Waals surface area contributed by atoms with Gasteiger partial charge in [-0.1, -0.05) is 61.5 Å². The van der Waals surface area contributed by atoms with Crippen LogP contribution < -0.4 is 9.47 Å². The lowest BCUT2D eigenvalue weighted by atomic mass is 9.71. The number of benzene rings is 3. The van der Waals surface area contributed by atoms with E-state index in [2.05, 4.69) is 55.5 Å². The predicted octanol–water partition coefficient (Wildman–Crippen LogP) is 3.48. The quantitative estimate of drug-likeness (QED) is 0.220. The standard InChI is InChI=1S/C22H22O2.C9H13BO4.C8H11BO5/c1-22(17-7-5-4-6-8-17,18-9-13-20(23-2)14-10-18)19-11-15-21(24-3)16-12-19;1-4-3-12-7-6(4)14-9(10)8(7)13-5(2)11;1-3(10)13-7-6-5(14-8(7)9)4(11)2-12-6/h4-16H,1-3H3;4,6-9H,3H2,1-2H3;4-8,11H,2H2,1H3/t;4-,6?,7+,8-,9-;4-,5?,6+,7-,8-/m.11/s1. The summed E-state index contributed by atoms with van der Waals surface area (Å²) < 4.78 is 42.1. The van der Waals surface area contributed by atoms with Crippen LogP contribution in [0.15, 0.2) is 78.9 Å². The summed E-state index contributed by atoms with van der Waals surface area (Å²) in [5, 5.41) is 9.42. The summed E-state index contributed by atoms with van der Waals surface area (Å²) in [6.07, 6.45) is -2.90. The van der Waals surface area contributed by atoms with E-state index in [-0.39, 0.29) is 30.2 Å². The molecule has 3 aromatic carbocycles. The highest BCUT2D eigenvalue weighted by Crippen LogP contribution is 2.40. The van der Waals surface area contributed by atoms with Crippen molar-refractivity contribution >= 4 is 27.6 Å². The first-order valence-corrected chi connectivity index (χ1v) is 17.3. The molecule has 0 bridgehead atoms. The molecule has 4 saturated heterocycles. The van der Waals surface area contributed by atoms with Crippen molar-refractivity contribution in [1.29, 1.82) is 0 Å². The summed E-state index contributed by atoms with van der Waals surface area (Å²) in [6, 6.07) is 25.9. The molecule has 0 spiro atoms. The molecule has 4 aliphatic heterocycles. The first-order valence-electron chi connectivity index (χ1n) is 17.3. The Kier molecular flexibility index (Phi) is 13.1. The maximum Gasteiger partial charge on any atom is 0.303 e. The van der Waals surface area contributed by atoms with Crippen LogP contribution in [-0.2, 0) is 43.4 Å². The second kappa shape index (κ2) is 17.3. The molecule has 4 heterocycles. The molecule has 0 aliphatic carbocycles. The number of carbonyl (C=O) groups is 2. The van der Waals surface area contributed by atoms with Gasteiger partial charge in [-0.15, -0.1) is 0 Å². The van der Waals surface area contributed by atoms with Gasteiger partial charge in [-0.2, -0.15) is 0 Å². The number of ether oxygens (including phenoxy) is 8. The van der Waals surface area contributed by atoms with E-state index in [1.807, 2.05) is 37.3 Å². The summed E-state index contributed by atoms with van der Waals surface area (Å²) in [4.78, 5) is 21.6. The third-order valence-corrected chi connectivity index (χ3v) is 9.81. The Hall–Kier alpha value is -3.87. The Labute approximate surface area is 308 Å². The zero-order valence-electron chi connectivity index (χ0n) is 30.4. The van der Waals surface area contributed by atoms with E-state index in [4.69, 9.17) is 53.6 Å². The molecule has 0 aromatic heterocycles. The zero-order valence-corrected chi connectivity index (χ0v) is 30.4. The number of aliphatic hydroxyl groups is 1. The van der Waals surface area contributed by atoms with E-state index >= 15 is 0 Å². The number of methoxy groups -OCH3 is 2. The molecule has 4 radical (unpaired) electrons. The van der Waals surface area contributed by atoms with Gasteiger partial charge in [0.2, 0.25) is 0 Å². The van der Waals surface area contributed by atoms with Crippen molar-refractivity contribution in [3.63, 3.8) is 0 Å². The maximum absolute atomic E-state index is 10.8. The van der Waals surface area contributed by atoms with Gasteiger partial charge in [-0.05, 0) is 47.9 Å². The first kappa shape index (κ1) is 39.3. The number of carbonyl (C=O) groups excluding carboxylic acids is 2. The molecule has 0 amide bonds. The van der Waals surface area contributed by atoms with Crippen LogP contribution in [0.25, 0.3) is 0 Å². The van der Waals surface area contributed by atoms with Crippen molar-refractivity contribution in [2.75, 3.05) is 27.4 Å². The van der Waals surface area contributed by atoms with Crippen LogP contribution in [0.2, 0.25) is 0 Å². The summed E-state index contributed by atoms with van der Waals surface area (Å²) in [6.45, 7) is 7.78. The Balaban J connectivity index is 0.000000160. The van der Waals surface area contributed by atoms with Crippen LogP contribution in [0.3, 0.4) is 0 Å². The Morgan fingerprint density at radius 1 is 0.673 bits per heavy atom. The fourth-order valence-electron chi connectivity index (χ4n) is 7.00. The molecule has 11 nitrogen and oxygen atoms in total. The minimum absolute atomic E-state index is 0.0330. The molecule has 13 heteroatoms. The van der Waals surface area contributed by atoms with Crippen LogP contribution in [0, 0.1) is 5.92 Å². The van der Waals surface area contributed by atoms with Gasteiger partial charge in [0.1, 0.15) is 63.8 Å². The smallest absolute Gasteiger partial charge is 0.303 e. The highest BCUT2D eigenvalue weighted by atomic mass is 16.6. The summed E-state index contributed by atoms with van der Waals surface area (Å²) in [7, 11) is 14.7. The van der Waals surface area contributed by atoms with Crippen molar-refractivity contribution in [3.05, 3.63) is 95.6 Å². The number of hydrogen-bond acceptors (Lipinski definition) is 11. The number of fused-ring (bicyclic) bond motifs is 2. The minimum atomic E-state index is -0.719. The largest absolute Gasteiger partial charge is 0.497 e. The van der Waals surface area contributed by atoms with Crippen LogP contribution in [-0.4, -0.2) is 115 Å². The van der Waals surface area contributed by atoms with E-state index < -0.39 is 48.5 Å². The molecule has 7 rings (SSSR count). The number of rotatable bonds is 7. The molecule has 10 atom stereocenters. The van der Waals surface area contributed by atoms with Gasteiger partial charge < -0.3 is 43.0 Å². The van der Waals surface area contributed by atoms with E-state index in [1.54, 1.807) is 14.2 Å². The average molecular weight is 712 g/mol. The number of aliphatic hydroxyl groups excluding tert-OH is 1. The van der Waals surface area contributed by atoms with Crippen LogP contribution in [0.1, 0.15) is 44.4 Å². The SMILES string of the molecule is COc1ccc(C(C)(c2ccccc2)c2ccc(OC)cc2)cc1.[B][C@@H]1OC2[C@H](C)CO[C@@H]2[C@H]1OC(C)=O.[B][C@@H]1OC2[C@H](O)CO[C@@H]2[C@H]1OC(C)=O. The molecule has 1 N–H and O–H groups in total. The van der Waals surface area contributed by atoms with Gasteiger partial charge in [-0.3, -0.25) is 9.59 Å². The summed E-state index contributed by atoms with van der Waals surface area (Å²) >= 11 is 0. The van der Waals surface area contributed by atoms with Crippen molar-refractivity contribution in [1.82, 2.24) is 0 Å². The van der Waals surface area contributed by atoms with Crippen molar-refractivity contribution in [3.8, 4) is 11.5 Å². The zero-order chi connectivity index (χ0) is 37.6. The average Bonchev–Trinajstić information content (AvgIpc) is 3.87. The van der Waals surface area contributed by atoms with Gasteiger partial charge in [-0.25, -0.2) is 0 Å². The molecule has 4 aliphatic rings. The number of hydrogen-bond donors (Lipinski definition) is 1. The third-order valence-electron chi connectivity index (χ3n) is 9.81. The Bertz CT molecular complexity index is 1510. The molecular weight excluding hydrogens is 666 g/mol. The molecule has 3 aromatic rings. The second-order valence-electron chi connectivity index (χ2n) is 13.4. The molecule has 274 valence electrons. The molecule has 4 fully saturated rings. The molecule has 52 heavy (non-hydrogen) atoms. The molecule has 0 saturated carbocycles. The van der Waals surface area contributed by atoms with E-state index in [0.717, 1.165) is 11.5 Å². The first-order chi connectivity index (χ1) is 24.9. The van der Waals surface area contributed by atoms with E-state index in [0.29, 0.717) is 12.5 Å². The second-order valence-corrected chi connectivity index (χ2v) is 13.4. The third kappa shape index (κ3) is 8.66. The fourth-order valence-corrected chi connectivity index (χ4v) is 7.00. The van der Waals surface area contributed by atoms with Crippen molar-refractivity contribution in [2.24, 2.45) is 5.92 Å². The maximum atomic E-state index is 10.8. The van der Waals surface area contributed by atoms with Gasteiger partial charge in [0.25, 0.3) is 0 Å². The topological polar surface area (TPSA) is 128 Å². The fraction of sp³-hybridized carbons (Fsp3) is 0.487. The van der Waals surface area contributed by atoms with Crippen molar-refractivity contribution < 1.29 is 52.6 Å². The van der Waals surface area contributed by atoms with Crippen LogP contribution >= 0.6 is 0 Å². The Morgan fingerprint density at radius 3 is 1.56 bits per heavy atom. The van der Waals surface area contributed by atoms with Crippen molar-refractivity contribution in [2.45, 2.75) is 87.8 Å². The van der Waals surface area contributed by atoms with Crippen LogP contribution in [0.5, 0.6) is 11.5 Å². The van der Waals surface area contributed by atoms with Crippen LogP contribution in [0.4, 0.5) is 0 Å². The monoisotopic (exact) mass is 712 g/mol. The normalized spacial score (nSPS) is 30.1. The molecular formula is C39H46B2O11.